The summed E-state index contributed by atoms with van der Waals surface area (Å²) in [6.45, 7) is 6.24. The van der Waals surface area contributed by atoms with Gasteiger partial charge in [0.15, 0.2) is 0 Å². The maximum absolute atomic E-state index is 13.0. The minimum atomic E-state index is -4.35. The van der Waals surface area contributed by atoms with Crippen molar-refractivity contribution in [3.8, 4) is 0 Å². The van der Waals surface area contributed by atoms with Crippen LogP contribution in [0.5, 0.6) is 0 Å². The van der Waals surface area contributed by atoms with Crippen molar-refractivity contribution in [3.05, 3.63) is 17.5 Å². The van der Waals surface area contributed by atoms with Crippen LogP contribution in [-0.4, -0.2) is 15.8 Å². The fourth-order valence-corrected chi connectivity index (χ4v) is 1.67. The molecule has 0 aliphatic rings. The Bertz CT molecular complexity index is 369. The quantitative estimate of drug-likeness (QED) is 0.854. The number of rotatable bonds is 6. The number of alkyl halides is 3. The predicted molar refractivity (Wildman–Crippen MR) is 64.1 cm³/mol. The number of aromatic nitrogens is 2. The fraction of sp³-hybridized carbons (Fsp3) is 0.750. The van der Waals surface area contributed by atoms with Crippen molar-refractivity contribution >= 4 is 0 Å². The third kappa shape index (κ3) is 4.01. The van der Waals surface area contributed by atoms with Gasteiger partial charge < -0.3 is 5.32 Å². The minimum absolute atomic E-state index is 0.144. The summed E-state index contributed by atoms with van der Waals surface area (Å²) in [4.78, 5) is 0. The standard InChI is InChI=1S/C12H20F3N3/c1-4-5-6-18-11(12(13,14)15)10(8-17-18)7-16-9(2)3/h8-9,16H,4-7H2,1-3H3. The molecular weight excluding hydrogens is 243 g/mol. The zero-order valence-corrected chi connectivity index (χ0v) is 11.0. The van der Waals surface area contributed by atoms with Crippen LogP contribution in [0.15, 0.2) is 6.20 Å². The first kappa shape index (κ1) is 15.0. The van der Waals surface area contributed by atoms with E-state index in [1.807, 2.05) is 20.8 Å². The summed E-state index contributed by atoms with van der Waals surface area (Å²) >= 11 is 0. The van der Waals surface area contributed by atoms with Crippen molar-refractivity contribution in [2.24, 2.45) is 0 Å². The molecule has 1 heterocycles. The van der Waals surface area contributed by atoms with E-state index < -0.39 is 11.9 Å². The van der Waals surface area contributed by atoms with Gasteiger partial charge in [0.1, 0.15) is 5.69 Å². The average Bonchev–Trinajstić information content (AvgIpc) is 2.66. The molecule has 3 nitrogen and oxygen atoms in total. The zero-order valence-electron chi connectivity index (χ0n) is 11.0. The lowest BCUT2D eigenvalue weighted by molar-refractivity contribution is -0.144. The van der Waals surface area contributed by atoms with Crippen LogP contribution in [0.1, 0.15) is 44.9 Å². The third-order valence-electron chi connectivity index (χ3n) is 2.61. The minimum Gasteiger partial charge on any atom is -0.310 e. The van der Waals surface area contributed by atoms with Crippen LogP contribution in [0.3, 0.4) is 0 Å². The molecule has 1 N–H and O–H groups in total. The SMILES string of the molecule is CCCCn1ncc(CNC(C)C)c1C(F)(F)F. The third-order valence-corrected chi connectivity index (χ3v) is 2.61. The smallest absolute Gasteiger partial charge is 0.310 e. The first-order chi connectivity index (χ1) is 8.36. The average molecular weight is 263 g/mol. The maximum Gasteiger partial charge on any atom is 0.433 e. The van der Waals surface area contributed by atoms with Crippen molar-refractivity contribution < 1.29 is 13.2 Å². The molecule has 0 spiro atoms. The molecule has 0 unspecified atom stereocenters. The highest BCUT2D eigenvalue weighted by Crippen LogP contribution is 2.32. The van der Waals surface area contributed by atoms with Gasteiger partial charge in [0, 0.05) is 24.7 Å². The summed E-state index contributed by atoms with van der Waals surface area (Å²) in [5, 5.41) is 6.85. The van der Waals surface area contributed by atoms with E-state index in [1.54, 1.807) is 0 Å². The number of unbranched alkanes of at least 4 members (excludes halogenated alkanes) is 1. The van der Waals surface area contributed by atoms with Crippen molar-refractivity contribution in [3.63, 3.8) is 0 Å². The van der Waals surface area contributed by atoms with E-state index in [1.165, 1.54) is 6.20 Å². The lowest BCUT2D eigenvalue weighted by atomic mass is 10.2. The van der Waals surface area contributed by atoms with Gasteiger partial charge >= 0.3 is 6.18 Å². The number of aryl methyl sites for hydroxylation is 1. The number of hydrogen-bond acceptors (Lipinski definition) is 2. The van der Waals surface area contributed by atoms with Crippen molar-refractivity contribution in [2.45, 2.75) is 58.9 Å². The molecule has 1 aromatic rings. The molecule has 1 aromatic heterocycles. The Kier molecular flexibility index (Phi) is 5.19. The molecular formula is C12H20F3N3. The Morgan fingerprint density at radius 3 is 2.56 bits per heavy atom. The molecule has 0 aliphatic heterocycles. The number of nitrogens with one attached hydrogen (secondary N) is 1. The number of halogens is 3. The molecule has 0 aliphatic carbocycles. The van der Waals surface area contributed by atoms with E-state index in [4.69, 9.17) is 0 Å². The Morgan fingerprint density at radius 1 is 1.39 bits per heavy atom. The van der Waals surface area contributed by atoms with Crippen LogP contribution in [0.4, 0.5) is 13.2 Å². The molecule has 0 saturated heterocycles. The van der Waals surface area contributed by atoms with Crippen molar-refractivity contribution in [2.75, 3.05) is 0 Å². The lowest BCUT2D eigenvalue weighted by Gasteiger charge is -2.13. The molecule has 0 bridgehead atoms. The summed E-state index contributed by atoms with van der Waals surface area (Å²) in [5.74, 6) is 0. The van der Waals surface area contributed by atoms with Gasteiger partial charge in [-0.3, -0.25) is 4.68 Å². The van der Waals surface area contributed by atoms with Crippen LogP contribution < -0.4 is 5.32 Å². The molecule has 0 fully saturated rings. The van der Waals surface area contributed by atoms with E-state index in [-0.39, 0.29) is 18.2 Å². The predicted octanol–water partition coefficient (Wildman–Crippen LogP) is 3.20. The van der Waals surface area contributed by atoms with Gasteiger partial charge in [-0.25, -0.2) is 0 Å². The van der Waals surface area contributed by atoms with Gasteiger partial charge in [-0.2, -0.15) is 18.3 Å². The topological polar surface area (TPSA) is 29.9 Å². The Balaban J connectivity index is 2.93. The lowest BCUT2D eigenvalue weighted by Crippen LogP contribution is -2.24. The van der Waals surface area contributed by atoms with E-state index in [2.05, 4.69) is 10.4 Å². The second-order valence-electron chi connectivity index (χ2n) is 4.63. The highest BCUT2D eigenvalue weighted by atomic mass is 19.4. The second-order valence-corrected chi connectivity index (χ2v) is 4.63. The maximum atomic E-state index is 13.0. The van der Waals surface area contributed by atoms with Gasteiger partial charge in [0.25, 0.3) is 0 Å². The van der Waals surface area contributed by atoms with E-state index in [0.29, 0.717) is 13.0 Å². The molecule has 6 heteroatoms. The van der Waals surface area contributed by atoms with Gasteiger partial charge in [-0.15, -0.1) is 0 Å². The van der Waals surface area contributed by atoms with Crippen LogP contribution in [-0.2, 0) is 19.3 Å². The first-order valence-corrected chi connectivity index (χ1v) is 6.21. The summed E-state index contributed by atoms with van der Waals surface area (Å²) in [6, 6.07) is 0.144. The van der Waals surface area contributed by atoms with Crippen LogP contribution in [0.25, 0.3) is 0 Å². The molecule has 0 aromatic carbocycles. The Morgan fingerprint density at radius 2 is 2.06 bits per heavy atom. The molecule has 18 heavy (non-hydrogen) atoms. The van der Waals surface area contributed by atoms with Crippen molar-refractivity contribution in [1.82, 2.24) is 15.1 Å². The van der Waals surface area contributed by atoms with Gasteiger partial charge in [-0.1, -0.05) is 27.2 Å². The Labute approximate surface area is 105 Å². The molecule has 0 radical (unpaired) electrons. The zero-order chi connectivity index (χ0) is 13.8. The van der Waals surface area contributed by atoms with Crippen molar-refractivity contribution in [1.29, 1.82) is 0 Å². The van der Waals surface area contributed by atoms with Crippen LogP contribution in [0, 0.1) is 0 Å². The summed E-state index contributed by atoms with van der Waals surface area (Å²) in [5.41, 5.74) is -0.406. The molecule has 0 saturated carbocycles. The summed E-state index contributed by atoms with van der Waals surface area (Å²) in [6.07, 6.45) is -1.50. The second kappa shape index (κ2) is 6.22. The summed E-state index contributed by atoms with van der Waals surface area (Å²) < 4.78 is 40.1. The van der Waals surface area contributed by atoms with Crippen LogP contribution >= 0.6 is 0 Å². The molecule has 0 amide bonds. The summed E-state index contributed by atoms with van der Waals surface area (Å²) in [7, 11) is 0. The molecule has 0 atom stereocenters. The van der Waals surface area contributed by atoms with E-state index in [9.17, 15) is 13.2 Å². The molecule has 104 valence electrons. The highest BCUT2D eigenvalue weighted by molar-refractivity contribution is 5.20. The fourth-order valence-electron chi connectivity index (χ4n) is 1.67. The largest absolute Gasteiger partial charge is 0.433 e. The Hall–Kier alpha value is -1.04. The van der Waals surface area contributed by atoms with Gasteiger partial charge in [0.05, 0.1) is 6.20 Å². The van der Waals surface area contributed by atoms with E-state index in [0.717, 1.165) is 11.1 Å². The van der Waals surface area contributed by atoms with E-state index >= 15 is 0 Å². The number of hydrogen-bond donors (Lipinski definition) is 1. The normalized spacial score (nSPS) is 12.4. The first-order valence-electron chi connectivity index (χ1n) is 6.21. The van der Waals surface area contributed by atoms with Gasteiger partial charge in [-0.05, 0) is 6.42 Å². The number of nitrogens with zero attached hydrogens (tertiary/aromatic N) is 2. The van der Waals surface area contributed by atoms with Gasteiger partial charge in [0.2, 0.25) is 0 Å². The molecule has 1 rings (SSSR count). The monoisotopic (exact) mass is 263 g/mol. The van der Waals surface area contributed by atoms with Crippen LogP contribution in [0.2, 0.25) is 0 Å². The highest BCUT2D eigenvalue weighted by Gasteiger charge is 2.37.